The predicted octanol–water partition coefficient (Wildman–Crippen LogP) is 11.8. The molecule has 8 fully saturated rings. The van der Waals surface area contributed by atoms with Gasteiger partial charge in [0, 0.05) is 168 Å². The van der Waals surface area contributed by atoms with Crippen LogP contribution in [0, 0.1) is 64.4 Å². The summed E-state index contributed by atoms with van der Waals surface area (Å²) in [6.45, 7) is 0.995. The third-order valence-electron chi connectivity index (χ3n) is 24.5. The van der Waals surface area contributed by atoms with Gasteiger partial charge in [-0.3, -0.25) is 19.2 Å². The third-order valence-corrected chi connectivity index (χ3v) is 31.4. The lowest BCUT2D eigenvalue weighted by Gasteiger charge is -2.43. The Labute approximate surface area is 760 Å². The fraction of sp³-hybridized carbons (Fsp3) is 0.476. The Balaban J connectivity index is 0.000000152. The highest BCUT2D eigenvalue weighted by Crippen LogP contribution is 2.42. The molecule has 8 aliphatic rings. The van der Waals surface area contributed by atoms with Crippen molar-refractivity contribution < 1.29 is 136 Å². The molecular formula is C84H85F19N16O12S4. The van der Waals surface area contributed by atoms with Gasteiger partial charge in [0.15, 0.2) is 34.9 Å². The summed E-state index contributed by atoms with van der Waals surface area (Å²) in [5, 5.41) is 0. The van der Waals surface area contributed by atoms with Crippen LogP contribution < -0.4 is 19.6 Å². The molecule has 8 aliphatic heterocycles. The summed E-state index contributed by atoms with van der Waals surface area (Å²) >= 11 is 0. The standard InChI is InChI=1S/3C21H21F5N4O3S.C21H22F4N4O3S/c3*22-16-3-1-2-15(18(16)23)17-12-29(20-27-10-14(11-28-20)21(24,25)26)6-7-30(17)19(31)13-4-8-34(32,33)9-5-13;22-17-3-1-2-15(10-17)18-13-28(20-26-11-16(12-27-20)21(23,24)25)6-7-29(18)19(30)14-4-8-33(31,32)9-5-14/h3*1-3,10-11,13,17H,4-9,12H2;1-3,10-12,14,18H,4-9,13H2/t2*17-;;/m10../s1. The summed E-state index contributed by atoms with van der Waals surface area (Å²) in [4.78, 5) is 95.4. The van der Waals surface area contributed by atoms with E-state index in [4.69, 9.17) is 0 Å². The Kier molecular flexibility index (Phi) is 30.7. The van der Waals surface area contributed by atoms with Crippen molar-refractivity contribution in [2.24, 2.45) is 23.7 Å². The van der Waals surface area contributed by atoms with E-state index in [2.05, 4.69) is 39.9 Å². The van der Waals surface area contributed by atoms with Crippen LogP contribution in [0.25, 0.3) is 0 Å². The zero-order chi connectivity index (χ0) is 97.8. The van der Waals surface area contributed by atoms with Crippen molar-refractivity contribution >= 4 is 86.8 Å². The number of carbonyl (C=O) groups is 4. The largest absolute Gasteiger partial charge is 0.419 e. The number of rotatable bonds is 12. The first kappa shape index (κ1) is 101. The maximum absolute atomic E-state index is 14.7. The number of anilines is 4. The SMILES string of the molecule is O=C(C1CCS(=O)(=O)CC1)N1CCN(c2ncc(C(F)(F)F)cn2)CC1c1cccc(F)c1.O=C(C1CCS(=O)(=O)CC1)N1CCN(c2ncc(C(F)(F)F)cn2)CC1c1cccc(F)c1F.O=C(C1CCS(=O)(=O)CC1)N1CCN(c2ncc(C(F)(F)F)cn2)C[C@@H]1c1cccc(F)c1F.O=C(C1CCS(=O)(=O)CC1)N1CCN(c2ncc(C(F)(F)F)cn2)C[C@H]1c1cccc(F)c1F. The average Bonchev–Trinajstić information content (AvgIpc) is 0.783. The minimum atomic E-state index is -4.61. The normalized spacial score (nSPS) is 21.6. The van der Waals surface area contributed by atoms with Gasteiger partial charge in [0.05, 0.1) is 92.4 Å². The molecule has 51 heteroatoms. The Morgan fingerprint density at radius 1 is 0.281 bits per heavy atom. The number of aromatic nitrogens is 8. The zero-order valence-corrected chi connectivity index (χ0v) is 74.2. The van der Waals surface area contributed by atoms with Crippen molar-refractivity contribution in [2.45, 2.75) is 100 Å². The lowest BCUT2D eigenvalue weighted by molar-refractivity contribution is -0.139. The molecule has 28 nitrogen and oxygen atoms in total. The van der Waals surface area contributed by atoms with Gasteiger partial charge < -0.3 is 39.2 Å². The van der Waals surface area contributed by atoms with Gasteiger partial charge in [0.1, 0.15) is 45.2 Å². The number of amides is 4. The molecule has 4 atom stereocenters. The van der Waals surface area contributed by atoms with Crippen molar-refractivity contribution in [3.05, 3.63) is 214 Å². The maximum atomic E-state index is 14.7. The Morgan fingerprint density at radius 3 is 0.704 bits per heavy atom. The van der Waals surface area contributed by atoms with E-state index in [1.807, 2.05) is 0 Å². The van der Waals surface area contributed by atoms with Crippen molar-refractivity contribution in [1.82, 2.24) is 59.5 Å². The monoisotopic (exact) mass is 2000 g/mol. The Bertz CT molecular complexity index is 5620. The molecular weight excluding hydrogens is 1910 g/mol. The van der Waals surface area contributed by atoms with Crippen LogP contribution in [0.1, 0.15) is 120 Å². The molecule has 0 spiro atoms. The van der Waals surface area contributed by atoms with Crippen LogP contribution >= 0.6 is 0 Å². The van der Waals surface area contributed by atoms with Gasteiger partial charge in [-0.25, -0.2) is 104 Å². The minimum absolute atomic E-state index is 0.0364. The van der Waals surface area contributed by atoms with Crippen LogP contribution in [0.2, 0.25) is 0 Å². The van der Waals surface area contributed by atoms with Gasteiger partial charge in [-0.1, -0.05) is 48.5 Å². The number of hydrogen-bond donors (Lipinski definition) is 0. The van der Waals surface area contributed by atoms with Crippen molar-refractivity contribution in [3.8, 4) is 0 Å². The highest BCUT2D eigenvalue weighted by molar-refractivity contribution is 7.92. The summed E-state index contributed by atoms with van der Waals surface area (Å²) in [5.41, 5.74) is -3.77. The fourth-order valence-corrected chi connectivity index (χ4v) is 23.0. The summed E-state index contributed by atoms with van der Waals surface area (Å²) in [6.07, 6.45) is -11.8. The van der Waals surface area contributed by atoms with Crippen molar-refractivity contribution in [1.29, 1.82) is 0 Å². The first-order valence-electron chi connectivity index (χ1n) is 42.1. The van der Waals surface area contributed by atoms with Gasteiger partial charge in [-0.05, 0) is 87.3 Å². The maximum Gasteiger partial charge on any atom is 0.419 e. The van der Waals surface area contributed by atoms with Crippen molar-refractivity contribution in [3.63, 3.8) is 0 Å². The van der Waals surface area contributed by atoms with Gasteiger partial charge in [0.2, 0.25) is 47.4 Å². The lowest BCUT2D eigenvalue weighted by atomic mass is 9.96. The summed E-state index contributed by atoms with van der Waals surface area (Å²) in [6, 6.07) is 13.0. The van der Waals surface area contributed by atoms with E-state index in [0.717, 1.165) is 18.2 Å². The molecule has 0 saturated carbocycles. The lowest BCUT2D eigenvalue weighted by Crippen LogP contribution is -2.53. The zero-order valence-electron chi connectivity index (χ0n) is 70.9. The predicted molar refractivity (Wildman–Crippen MR) is 446 cm³/mol. The summed E-state index contributed by atoms with van der Waals surface area (Å²) in [5.74, 6) is -11.5. The summed E-state index contributed by atoms with van der Waals surface area (Å²) in [7, 11) is -12.7. The first-order valence-corrected chi connectivity index (χ1v) is 49.4. The molecule has 0 N–H and O–H groups in total. The smallest absolute Gasteiger partial charge is 0.337 e. The molecule has 8 aromatic rings. The highest BCUT2D eigenvalue weighted by Gasteiger charge is 2.47. The number of nitrogens with zero attached hydrogens (tertiary/aromatic N) is 16. The molecule has 0 radical (unpaired) electrons. The molecule has 8 saturated heterocycles. The van der Waals surface area contributed by atoms with Crippen LogP contribution in [-0.4, -0.2) is 241 Å². The molecule has 135 heavy (non-hydrogen) atoms. The number of hydrogen-bond acceptors (Lipinski definition) is 24. The van der Waals surface area contributed by atoms with E-state index in [-0.39, 0.29) is 240 Å². The van der Waals surface area contributed by atoms with Gasteiger partial charge in [0.25, 0.3) is 0 Å². The molecule has 4 amide bonds. The highest BCUT2D eigenvalue weighted by atomic mass is 32.2. The van der Waals surface area contributed by atoms with E-state index in [0.29, 0.717) is 55.1 Å². The molecule has 2 unspecified atom stereocenters. The van der Waals surface area contributed by atoms with E-state index in [9.17, 15) is 136 Å². The van der Waals surface area contributed by atoms with Crippen LogP contribution in [0.15, 0.2) is 128 Å². The topological polar surface area (TPSA) is 334 Å². The van der Waals surface area contributed by atoms with E-state index in [1.165, 1.54) is 84.0 Å². The average molecular weight is 2000 g/mol. The van der Waals surface area contributed by atoms with E-state index in [1.54, 1.807) is 15.9 Å². The van der Waals surface area contributed by atoms with E-state index >= 15 is 0 Å². The number of benzene rings is 4. The van der Waals surface area contributed by atoms with Gasteiger partial charge in [-0.15, -0.1) is 0 Å². The molecule has 730 valence electrons. The fourth-order valence-electron chi connectivity index (χ4n) is 17.1. The number of halogens is 19. The Morgan fingerprint density at radius 2 is 0.489 bits per heavy atom. The van der Waals surface area contributed by atoms with E-state index < -0.39 is 175 Å². The number of carbonyl (C=O) groups excluding carboxylic acids is 4. The minimum Gasteiger partial charge on any atom is -0.337 e. The molecule has 0 bridgehead atoms. The summed E-state index contributed by atoms with van der Waals surface area (Å²) < 4.78 is 348. The van der Waals surface area contributed by atoms with Crippen LogP contribution in [0.5, 0.6) is 0 Å². The van der Waals surface area contributed by atoms with Crippen molar-refractivity contribution in [2.75, 3.05) is 144 Å². The van der Waals surface area contributed by atoms with Crippen LogP contribution in [-0.2, 0) is 83.2 Å². The second-order valence-electron chi connectivity index (χ2n) is 33.2. The molecule has 4 aromatic heterocycles. The Hall–Kier alpha value is -11.3. The quantitative estimate of drug-likeness (QED) is 0.103. The molecule has 16 rings (SSSR count). The molecule has 0 aliphatic carbocycles. The van der Waals surface area contributed by atoms with Crippen LogP contribution in [0.4, 0.5) is 107 Å². The number of alkyl halides is 12. The van der Waals surface area contributed by atoms with Gasteiger partial charge in [-0.2, -0.15) is 52.7 Å². The van der Waals surface area contributed by atoms with Gasteiger partial charge >= 0.3 is 24.7 Å². The first-order chi connectivity index (χ1) is 63.4. The second kappa shape index (κ2) is 41.0. The van der Waals surface area contributed by atoms with Crippen LogP contribution in [0.3, 0.4) is 0 Å². The molecule has 12 heterocycles. The number of piperazine rings is 4. The number of sulfone groups is 4. The second-order valence-corrected chi connectivity index (χ2v) is 42.5. The molecule has 4 aromatic carbocycles. The third kappa shape index (κ3) is 24.8.